The van der Waals surface area contributed by atoms with Gasteiger partial charge in [-0.25, -0.2) is 9.97 Å². The first-order valence-electron chi connectivity index (χ1n) is 10.0. The number of halogens is 1. The Hall–Kier alpha value is -3.97. The number of carbonyl (C=O) groups is 1. The first-order chi connectivity index (χ1) is 15.7. The number of anilines is 1. The van der Waals surface area contributed by atoms with Crippen molar-refractivity contribution in [2.45, 2.75) is 6.42 Å². The molecule has 4 rings (SSSR count). The van der Waals surface area contributed by atoms with Crippen molar-refractivity contribution >= 4 is 29.2 Å². The second-order valence-corrected chi connectivity index (χ2v) is 7.33. The van der Waals surface area contributed by atoms with Crippen LogP contribution in [0.1, 0.15) is 16.1 Å². The number of carbonyl (C=O) groups excluding carboxylic acids is 1. The number of nitrogens with zero attached hydrogens (tertiary/aromatic N) is 3. The Kier molecular flexibility index (Phi) is 6.89. The molecule has 0 aliphatic rings. The zero-order chi connectivity index (χ0) is 22.2. The van der Waals surface area contributed by atoms with Gasteiger partial charge in [0.2, 0.25) is 5.96 Å². The molecule has 0 spiro atoms. The van der Waals surface area contributed by atoms with E-state index in [4.69, 9.17) is 11.6 Å². The highest BCUT2D eigenvalue weighted by Gasteiger charge is 2.10. The SMILES string of the molecule is O=C(NC(=NCCc1cnc[nH]1)Nc1ccc(-c2ccccc2)cc1)c1ccnc(Cl)c1. The Bertz CT molecular complexity index is 1190. The number of aromatic amines is 1. The lowest BCUT2D eigenvalue weighted by molar-refractivity contribution is 0.0977. The van der Waals surface area contributed by atoms with Gasteiger partial charge in [0.25, 0.3) is 5.91 Å². The quantitative estimate of drug-likeness (QED) is 0.231. The third-order valence-electron chi connectivity index (χ3n) is 4.68. The number of aliphatic imine (C=N–C) groups is 1. The molecule has 1 amide bonds. The number of benzene rings is 2. The highest BCUT2D eigenvalue weighted by molar-refractivity contribution is 6.29. The summed E-state index contributed by atoms with van der Waals surface area (Å²) in [5, 5.41) is 6.27. The number of hydrogen-bond acceptors (Lipinski definition) is 4. The predicted molar refractivity (Wildman–Crippen MR) is 127 cm³/mol. The molecule has 0 saturated heterocycles. The number of pyridine rings is 1. The molecule has 3 N–H and O–H groups in total. The molecule has 0 atom stereocenters. The average molecular weight is 445 g/mol. The highest BCUT2D eigenvalue weighted by Crippen LogP contribution is 2.21. The van der Waals surface area contributed by atoms with Gasteiger partial charge in [0, 0.05) is 42.3 Å². The maximum atomic E-state index is 12.7. The number of H-pyrrole nitrogens is 1. The van der Waals surface area contributed by atoms with E-state index in [1.165, 1.54) is 12.3 Å². The largest absolute Gasteiger partial charge is 0.348 e. The van der Waals surface area contributed by atoms with E-state index in [-0.39, 0.29) is 11.1 Å². The number of nitrogens with one attached hydrogen (secondary N) is 3. The summed E-state index contributed by atoms with van der Waals surface area (Å²) < 4.78 is 0. The minimum absolute atomic E-state index is 0.250. The molecule has 0 bridgehead atoms. The van der Waals surface area contributed by atoms with Crippen molar-refractivity contribution in [1.82, 2.24) is 20.3 Å². The van der Waals surface area contributed by atoms with Gasteiger partial charge in [0.1, 0.15) is 5.15 Å². The molecule has 0 fully saturated rings. The second kappa shape index (κ2) is 10.4. The van der Waals surface area contributed by atoms with Gasteiger partial charge >= 0.3 is 0 Å². The molecule has 0 saturated carbocycles. The number of amides is 1. The molecule has 7 nitrogen and oxygen atoms in total. The van der Waals surface area contributed by atoms with Gasteiger partial charge in [0.15, 0.2) is 0 Å². The maximum Gasteiger partial charge on any atom is 0.258 e. The van der Waals surface area contributed by atoms with Crippen LogP contribution >= 0.6 is 11.6 Å². The smallest absolute Gasteiger partial charge is 0.258 e. The number of guanidine groups is 1. The molecule has 2 aromatic carbocycles. The molecule has 160 valence electrons. The number of rotatable bonds is 6. The molecule has 2 heterocycles. The minimum atomic E-state index is -0.331. The highest BCUT2D eigenvalue weighted by atomic mass is 35.5. The van der Waals surface area contributed by atoms with Crippen molar-refractivity contribution in [3.05, 3.63) is 102 Å². The molecule has 0 aliphatic heterocycles. The fourth-order valence-corrected chi connectivity index (χ4v) is 3.23. The molecular formula is C24H21ClN6O. The van der Waals surface area contributed by atoms with Crippen molar-refractivity contribution in [1.29, 1.82) is 0 Å². The monoisotopic (exact) mass is 444 g/mol. The zero-order valence-electron chi connectivity index (χ0n) is 17.1. The standard InChI is InChI=1S/C24H21ClN6O/c25-22-14-19(10-12-27-22)23(32)31-24(28-13-11-21-15-26-16-29-21)30-20-8-6-18(7-9-20)17-4-2-1-3-5-17/h1-10,12,14-16H,11,13H2,(H,26,29)(H2,28,30,31,32). The van der Waals surface area contributed by atoms with E-state index in [1.807, 2.05) is 42.5 Å². The van der Waals surface area contributed by atoms with Gasteiger partial charge in [-0.1, -0.05) is 54.1 Å². The van der Waals surface area contributed by atoms with Gasteiger partial charge in [-0.15, -0.1) is 0 Å². The molecule has 4 aromatic rings. The molecular weight excluding hydrogens is 424 g/mol. The fraction of sp³-hybridized carbons (Fsp3) is 0.0833. The summed E-state index contributed by atoms with van der Waals surface area (Å²) in [4.78, 5) is 28.2. The van der Waals surface area contributed by atoms with Crippen LogP contribution in [0, 0.1) is 0 Å². The van der Waals surface area contributed by atoms with E-state index < -0.39 is 0 Å². The van der Waals surface area contributed by atoms with Gasteiger partial charge in [-0.05, 0) is 35.4 Å². The summed E-state index contributed by atoms with van der Waals surface area (Å²) in [7, 11) is 0. The van der Waals surface area contributed by atoms with E-state index in [0.717, 1.165) is 22.5 Å². The van der Waals surface area contributed by atoms with E-state index in [2.05, 4.69) is 42.7 Å². The third kappa shape index (κ3) is 5.80. The lowest BCUT2D eigenvalue weighted by atomic mass is 10.1. The predicted octanol–water partition coefficient (Wildman–Crippen LogP) is 4.57. The lowest BCUT2D eigenvalue weighted by Gasteiger charge is -2.12. The lowest BCUT2D eigenvalue weighted by Crippen LogP contribution is -2.36. The average Bonchev–Trinajstić information content (AvgIpc) is 3.34. The molecule has 0 unspecified atom stereocenters. The number of hydrogen-bond donors (Lipinski definition) is 3. The van der Waals surface area contributed by atoms with Crippen molar-refractivity contribution in [2.24, 2.45) is 4.99 Å². The Morgan fingerprint density at radius 1 is 1.03 bits per heavy atom. The van der Waals surface area contributed by atoms with Crippen LogP contribution in [0.4, 0.5) is 5.69 Å². The van der Waals surface area contributed by atoms with Crippen LogP contribution in [-0.2, 0) is 6.42 Å². The number of imidazole rings is 1. The van der Waals surface area contributed by atoms with Gasteiger partial charge in [0.05, 0.1) is 6.33 Å². The van der Waals surface area contributed by atoms with E-state index >= 15 is 0 Å². The Morgan fingerprint density at radius 3 is 2.53 bits per heavy atom. The molecule has 32 heavy (non-hydrogen) atoms. The summed E-state index contributed by atoms with van der Waals surface area (Å²) in [6.45, 7) is 0.462. The topological polar surface area (TPSA) is 95.1 Å². The first kappa shape index (κ1) is 21.3. The van der Waals surface area contributed by atoms with Crippen LogP contribution in [0.2, 0.25) is 5.15 Å². The van der Waals surface area contributed by atoms with Gasteiger partial charge < -0.3 is 10.3 Å². The van der Waals surface area contributed by atoms with Gasteiger partial charge in [-0.2, -0.15) is 0 Å². The number of aromatic nitrogens is 3. The third-order valence-corrected chi connectivity index (χ3v) is 4.89. The maximum absolute atomic E-state index is 12.7. The first-order valence-corrected chi connectivity index (χ1v) is 10.4. The Morgan fingerprint density at radius 2 is 1.81 bits per heavy atom. The Balaban J connectivity index is 1.49. The van der Waals surface area contributed by atoms with Crippen LogP contribution in [0.5, 0.6) is 0 Å². The molecule has 8 heteroatoms. The summed E-state index contributed by atoms with van der Waals surface area (Å²) >= 11 is 5.91. The van der Waals surface area contributed by atoms with Crippen LogP contribution in [0.15, 0.2) is 90.4 Å². The van der Waals surface area contributed by atoms with Crippen molar-refractivity contribution in [2.75, 3.05) is 11.9 Å². The second-order valence-electron chi connectivity index (χ2n) is 6.95. The van der Waals surface area contributed by atoms with E-state index in [0.29, 0.717) is 24.5 Å². The summed E-state index contributed by atoms with van der Waals surface area (Å²) in [5.74, 6) is 0.0120. The van der Waals surface area contributed by atoms with Crippen LogP contribution in [0.3, 0.4) is 0 Å². The summed E-state index contributed by atoms with van der Waals surface area (Å²) in [6.07, 6.45) is 5.53. The zero-order valence-corrected chi connectivity index (χ0v) is 17.9. The van der Waals surface area contributed by atoms with Gasteiger partial charge in [-0.3, -0.25) is 15.1 Å². The summed E-state index contributed by atoms with van der Waals surface area (Å²) in [6, 6.07) is 21.2. The van der Waals surface area contributed by atoms with Crippen LogP contribution < -0.4 is 10.6 Å². The van der Waals surface area contributed by atoms with E-state index in [9.17, 15) is 4.79 Å². The van der Waals surface area contributed by atoms with Crippen molar-refractivity contribution in [3.63, 3.8) is 0 Å². The molecule has 0 aliphatic carbocycles. The van der Waals surface area contributed by atoms with E-state index in [1.54, 1.807) is 18.6 Å². The summed E-state index contributed by atoms with van der Waals surface area (Å²) in [5.41, 5.74) is 4.40. The van der Waals surface area contributed by atoms with Crippen LogP contribution in [-0.4, -0.2) is 33.4 Å². The molecule has 2 aromatic heterocycles. The van der Waals surface area contributed by atoms with Crippen LogP contribution in [0.25, 0.3) is 11.1 Å². The minimum Gasteiger partial charge on any atom is -0.348 e. The Labute approximate surface area is 190 Å². The molecule has 0 radical (unpaired) electrons. The van der Waals surface area contributed by atoms with Crippen molar-refractivity contribution < 1.29 is 4.79 Å². The fourth-order valence-electron chi connectivity index (χ4n) is 3.06. The normalized spacial score (nSPS) is 11.2. The van der Waals surface area contributed by atoms with Crippen molar-refractivity contribution in [3.8, 4) is 11.1 Å².